The summed E-state index contributed by atoms with van der Waals surface area (Å²) < 4.78 is 2.90. The van der Waals surface area contributed by atoms with Crippen molar-refractivity contribution in [1.82, 2.24) is 9.78 Å². The van der Waals surface area contributed by atoms with Gasteiger partial charge < -0.3 is 5.73 Å². The van der Waals surface area contributed by atoms with Crippen LogP contribution in [0.1, 0.15) is 22.4 Å². The van der Waals surface area contributed by atoms with Crippen LogP contribution in [0.25, 0.3) is 11.3 Å². The number of aromatic nitrogens is 2. The van der Waals surface area contributed by atoms with Crippen molar-refractivity contribution in [3.8, 4) is 11.3 Å². The van der Waals surface area contributed by atoms with Crippen LogP contribution in [0.15, 0.2) is 16.6 Å². The van der Waals surface area contributed by atoms with Gasteiger partial charge in [-0.05, 0) is 47.8 Å². The Bertz CT molecular complexity index is 576. The van der Waals surface area contributed by atoms with Gasteiger partial charge in [-0.3, -0.25) is 4.68 Å². The van der Waals surface area contributed by atoms with Crippen LogP contribution < -0.4 is 5.73 Å². The van der Waals surface area contributed by atoms with Gasteiger partial charge in [0.15, 0.2) is 0 Å². The van der Waals surface area contributed by atoms with Crippen LogP contribution in [0.3, 0.4) is 0 Å². The lowest BCUT2D eigenvalue weighted by Crippen LogP contribution is -1.99. The predicted molar refractivity (Wildman–Crippen MR) is 78.4 cm³/mol. The molecule has 0 amide bonds. The zero-order chi connectivity index (χ0) is 13.4. The molecule has 0 aliphatic heterocycles. The molecule has 3 nitrogen and oxygen atoms in total. The van der Waals surface area contributed by atoms with Crippen LogP contribution in [0.5, 0.6) is 0 Å². The Morgan fingerprint density at radius 1 is 1.22 bits per heavy atom. The van der Waals surface area contributed by atoms with E-state index in [-0.39, 0.29) is 0 Å². The normalized spacial score (nSPS) is 11.0. The van der Waals surface area contributed by atoms with E-state index >= 15 is 0 Å². The number of nitrogens with two attached hydrogens (primary N) is 1. The summed E-state index contributed by atoms with van der Waals surface area (Å²) in [6.45, 7) is 6.83. The minimum atomic E-state index is 0.443. The van der Waals surface area contributed by atoms with Crippen molar-refractivity contribution in [1.29, 1.82) is 0 Å². The van der Waals surface area contributed by atoms with E-state index in [1.54, 1.807) is 0 Å². The number of nitrogens with zero attached hydrogens (tertiary/aromatic N) is 2. The Balaban J connectivity index is 2.73. The van der Waals surface area contributed by atoms with Crippen molar-refractivity contribution >= 4 is 15.9 Å². The molecular weight excluding hydrogens is 290 g/mol. The first-order chi connectivity index (χ1) is 8.45. The van der Waals surface area contributed by atoms with Crippen LogP contribution in [-0.2, 0) is 13.6 Å². The standard InChI is InChI=1S/C14H18BrN3/c1-8-5-9(2)12(10(3)6-8)14-13(15)11(7-16)17-18(14)4/h5-6H,7,16H2,1-4H3. The molecule has 0 unspecified atom stereocenters. The maximum absolute atomic E-state index is 5.71. The van der Waals surface area contributed by atoms with Crippen LogP contribution in [0.4, 0.5) is 0 Å². The summed E-state index contributed by atoms with van der Waals surface area (Å²) in [4.78, 5) is 0. The van der Waals surface area contributed by atoms with Crippen molar-refractivity contribution in [2.45, 2.75) is 27.3 Å². The fourth-order valence-electron chi connectivity index (χ4n) is 2.51. The highest BCUT2D eigenvalue weighted by Gasteiger charge is 2.17. The molecule has 1 aromatic heterocycles. The molecule has 0 radical (unpaired) electrons. The van der Waals surface area contributed by atoms with Gasteiger partial charge in [-0.2, -0.15) is 5.10 Å². The van der Waals surface area contributed by atoms with Gasteiger partial charge >= 0.3 is 0 Å². The molecule has 4 heteroatoms. The molecule has 0 bridgehead atoms. The van der Waals surface area contributed by atoms with Gasteiger partial charge in [0.1, 0.15) is 0 Å². The minimum Gasteiger partial charge on any atom is -0.325 e. The molecule has 2 N–H and O–H groups in total. The molecule has 18 heavy (non-hydrogen) atoms. The van der Waals surface area contributed by atoms with Crippen molar-refractivity contribution in [3.05, 3.63) is 39.0 Å². The number of hydrogen-bond donors (Lipinski definition) is 1. The second-order valence-electron chi connectivity index (χ2n) is 4.71. The lowest BCUT2D eigenvalue weighted by molar-refractivity contribution is 0.748. The number of rotatable bonds is 2. The monoisotopic (exact) mass is 307 g/mol. The van der Waals surface area contributed by atoms with E-state index in [9.17, 15) is 0 Å². The van der Waals surface area contributed by atoms with E-state index in [2.05, 4.69) is 53.9 Å². The van der Waals surface area contributed by atoms with E-state index in [0.29, 0.717) is 6.54 Å². The zero-order valence-electron chi connectivity index (χ0n) is 11.2. The Labute approximate surface area is 116 Å². The van der Waals surface area contributed by atoms with Gasteiger partial charge in [-0.25, -0.2) is 0 Å². The van der Waals surface area contributed by atoms with Crippen LogP contribution >= 0.6 is 15.9 Å². The number of benzene rings is 1. The molecule has 0 spiro atoms. The lowest BCUT2D eigenvalue weighted by atomic mass is 9.97. The van der Waals surface area contributed by atoms with E-state index in [1.165, 1.54) is 22.3 Å². The molecule has 2 rings (SSSR count). The second kappa shape index (κ2) is 4.86. The van der Waals surface area contributed by atoms with Crippen molar-refractivity contribution in [2.24, 2.45) is 12.8 Å². The fraction of sp³-hybridized carbons (Fsp3) is 0.357. The van der Waals surface area contributed by atoms with Crippen molar-refractivity contribution < 1.29 is 0 Å². The van der Waals surface area contributed by atoms with Gasteiger partial charge in [-0.1, -0.05) is 17.7 Å². The minimum absolute atomic E-state index is 0.443. The van der Waals surface area contributed by atoms with Crippen LogP contribution in [0.2, 0.25) is 0 Å². The van der Waals surface area contributed by atoms with Crippen LogP contribution in [0, 0.1) is 20.8 Å². The quantitative estimate of drug-likeness (QED) is 0.925. The van der Waals surface area contributed by atoms with Crippen molar-refractivity contribution in [2.75, 3.05) is 0 Å². The topological polar surface area (TPSA) is 43.8 Å². The van der Waals surface area contributed by atoms with Gasteiger partial charge in [0.25, 0.3) is 0 Å². The third-order valence-corrected chi connectivity index (χ3v) is 4.00. The maximum atomic E-state index is 5.71. The molecule has 0 aliphatic carbocycles. The highest BCUT2D eigenvalue weighted by molar-refractivity contribution is 9.10. The molecule has 2 aromatic rings. The third-order valence-electron chi connectivity index (χ3n) is 3.16. The summed E-state index contributed by atoms with van der Waals surface area (Å²) in [5, 5.41) is 4.45. The second-order valence-corrected chi connectivity index (χ2v) is 5.50. The molecular formula is C14H18BrN3. The Hall–Kier alpha value is -1.13. The lowest BCUT2D eigenvalue weighted by Gasteiger charge is -2.12. The number of halogens is 1. The summed E-state index contributed by atoms with van der Waals surface area (Å²) in [5.41, 5.74) is 12.8. The maximum Gasteiger partial charge on any atom is 0.0908 e. The average Bonchev–Trinajstić information content (AvgIpc) is 2.55. The highest BCUT2D eigenvalue weighted by Crippen LogP contribution is 2.35. The first-order valence-corrected chi connectivity index (χ1v) is 6.74. The predicted octanol–water partition coefficient (Wildman–Crippen LogP) is 3.23. The van der Waals surface area contributed by atoms with Gasteiger partial charge in [0, 0.05) is 19.2 Å². The molecule has 0 saturated carbocycles. The molecule has 1 aromatic carbocycles. The summed E-state index contributed by atoms with van der Waals surface area (Å²) in [5.74, 6) is 0. The Morgan fingerprint density at radius 2 is 1.78 bits per heavy atom. The van der Waals surface area contributed by atoms with E-state index in [0.717, 1.165) is 15.9 Å². The largest absolute Gasteiger partial charge is 0.325 e. The summed E-state index contributed by atoms with van der Waals surface area (Å²) in [6, 6.07) is 4.40. The fourth-order valence-corrected chi connectivity index (χ4v) is 3.21. The Kier molecular flexibility index (Phi) is 3.59. The Morgan fingerprint density at radius 3 is 2.22 bits per heavy atom. The van der Waals surface area contributed by atoms with E-state index in [1.807, 2.05) is 11.7 Å². The van der Waals surface area contributed by atoms with Gasteiger partial charge in [0.05, 0.1) is 15.9 Å². The molecule has 0 fully saturated rings. The summed E-state index contributed by atoms with van der Waals surface area (Å²) in [7, 11) is 1.96. The van der Waals surface area contributed by atoms with E-state index < -0.39 is 0 Å². The van der Waals surface area contributed by atoms with Gasteiger partial charge in [0.2, 0.25) is 0 Å². The number of aryl methyl sites for hydroxylation is 4. The molecule has 0 atom stereocenters. The number of hydrogen-bond acceptors (Lipinski definition) is 2. The molecule has 1 heterocycles. The summed E-state index contributed by atoms with van der Waals surface area (Å²) >= 11 is 3.62. The molecule has 96 valence electrons. The van der Waals surface area contributed by atoms with E-state index in [4.69, 9.17) is 5.73 Å². The smallest absolute Gasteiger partial charge is 0.0908 e. The SMILES string of the molecule is Cc1cc(C)c(-c2c(Br)c(CN)nn2C)c(C)c1. The summed E-state index contributed by atoms with van der Waals surface area (Å²) in [6.07, 6.45) is 0. The molecule has 0 aliphatic rings. The third kappa shape index (κ3) is 2.10. The van der Waals surface area contributed by atoms with Gasteiger partial charge in [-0.15, -0.1) is 0 Å². The average molecular weight is 308 g/mol. The zero-order valence-corrected chi connectivity index (χ0v) is 12.8. The highest BCUT2D eigenvalue weighted by atomic mass is 79.9. The van der Waals surface area contributed by atoms with Crippen LogP contribution in [-0.4, -0.2) is 9.78 Å². The first kappa shape index (κ1) is 13.3. The first-order valence-electron chi connectivity index (χ1n) is 5.95. The molecule has 0 saturated heterocycles. The van der Waals surface area contributed by atoms with Crippen molar-refractivity contribution in [3.63, 3.8) is 0 Å².